The summed E-state index contributed by atoms with van der Waals surface area (Å²) in [5.41, 5.74) is 15.7. The Morgan fingerprint density at radius 1 is 0.694 bits per heavy atom. The molecule has 0 fully saturated rings. The molecule has 49 heavy (non-hydrogen) atoms. The van der Waals surface area contributed by atoms with Crippen molar-refractivity contribution in [3.8, 4) is 45.1 Å². The predicted molar refractivity (Wildman–Crippen MR) is 198 cm³/mol. The van der Waals surface area contributed by atoms with Crippen LogP contribution >= 0.6 is 0 Å². The molecule has 0 atom stereocenters. The highest BCUT2D eigenvalue weighted by molar-refractivity contribution is 6.09. The average Bonchev–Trinajstić information content (AvgIpc) is 3.37. The largest absolute Gasteiger partial charge is 0.376 e. The molecule has 0 saturated carbocycles. The molecular formula is C44H32N4O. The topological polar surface area (TPSA) is 54.1 Å². The first kappa shape index (κ1) is 29.0. The second-order valence-electron chi connectivity index (χ2n) is 12.9. The fourth-order valence-corrected chi connectivity index (χ4v) is 7.37. The van der Waals surface area contributed by atoms with Crippen LogP contribution in [0.3, 0.4) is 0 Å². The van der Waals surface area contributed by atoms with Crippen LogP contribution in [0.25, 0.3) is 66.4 Å². The van der Waals surface area contributed by atoms with Crippen molar-refractivity contribution in [2.75, 3.05) is 13.6 Å². The highest BCUT2D eigenvalue weighted by Gasteiger charge is 2.20. The number of nitrogens with zero attached hydrogens (tertiary/aromatic N) is 4. The summed E-state index contributed by atoms with van der Waals surface area (Å²) in [6, 6.07) is 41.2. The van der Waals surface area contributed by atoms with Crippen molar-refractivity contribution in [1.29, 1.82) is 5.26 Å². The fourth-order valence-electron chi connectivity index (χ4n) is 7.37. The van der Waals surface area contributed by atoms with Crippen molar-refractivity contribution in [1.82, 2.24) is 14.5 Å². The number of hydrogen-bond acceptors (Lipinski definition) is 4. The van der Waals surface area contributed by atoms with E-state index in [1.807, 2.05) is 30.6 Å². The second-order valence-corrected chi connectivity index (χ2v) is 12.9. The van der Waals surface area contributed by atoms with Gasteiger partial charge in [-0.1, -0.05) is 48.5 Å². The summed E-state index contributed by atoms with van der Waals surface area (Å²) in [6.07, 6.45) is 10.2. The van der Waals surface area contributed by atoms with Crippen LogP contribution in [-0.2, 0) is 18.0 Å². The first-order chi connectivity index (χ1) is 24.1. The van der Waals surface area contributed by atoms with Crippen molar-refractivity contribution in [2.45, 2.75) is 13.2 Å². The summed E-state index contributed by atoms with van der Waals surface area (Å²) in [5, 5.41) is 11.8. The van der Waals surface area contributed by atoms with E-state index < -0.39 is 0 Å². The van der Waals surface area contributed by atoms with Crippen molar-refractivity contribution < 1.29 is 4.74 Å². The van der Waals surface area contributed by atoms with Crippen LogP contribution in [-0.4, -0.2) is 28.0 Å². The van der Waals surface area contributed by atoms with Gasteiger partial charge in [-0.05, 0) is 129 Å². The highest BCUT2D eigenvalue weighted by atomic mass is 16.5. The molecule has 0 spiro atoms. The maximum Gasteiger partial charge on any atom is 0.0991 e. The minimum atomic E-state index is 0.527. The van der Waals surface area contributed by atoms with Gasteiger partial charge in [0.05, 0.1) is 35.9 Å². The molecule has 0 aliphatic carbocycles. The van der Waals surface area contributed by atoms with Gasteiger partial charge in [0.15, 0.2) is 0 Å². The lowest BCUT2D eigenvalue weighted by molar-refractivity contribution is 0.110. The van der Waals surface area contributed by atoms with Gasteiger partial charge in [-0.25, -0.2) is 0 Å². The number of hydrogen-bond donors (Lipinski definition) is 0. The Morgan fingerprint density at radius 3 is 2.39 bits per heavy atom. The summed E-state index contributed by atoms with van der Waals surface area (Å²) in [4.78, 5) is 6.63. The molecule has 5 aromatic carbocycles. The molecule has 0 unspecified atom stereocenters. The number of ether oxygens (including phenoxy) is 1. The van der Waals surface area contributed by atoms with E-state index in [1.54, 1.807) is 0 Å². The van der Waals surface area contributed by atoms with E-state index in [9.17, 15) is 5.26 Å². The van der Waals surface area contributed by atoms with E-state index in [-0.39, 0.29) is 0 Å². The summed E-state index contributed by atoms with van der Waals surface area (Å²) in [6.45, 7) is 1.94. The van der Waals surface area contributed by atoms with Gasteiger partial charge in [-0.2, -0.15) is 5.26 Å². The van der Waals surface area contributed by atoms with E-state index in [2.05, 4.69) is 137 Å². The SMILES string of the molecule is CN1C=CC=C(c2cc(-c3cccnc3)cc(-c3ccc4c(c3)-c3ccc(-n5c6ccccc6c6cc(C#N)ccc65)cc3COC4)c2)C1. The van der Waals surface area contributed by atoms with Crippen LogP contribution < -0.4 is 0 Å². The Bertz CT molecular complexity index is 2530. The van der Waals surface area contributed by atoms with Gasteiger partial charge < -0.3 is 14.2 Å². The molecule has 9 rings (SSSR count). The zero-order valence-corrected chi connectivity index (χ0v) is 27.1. The molecule has 7 aromatic rings. The van der Waals surface area contributed by atoms with Gasteiger partial charge in [-0.3, -0.25) is 4.98 Å². The first-order valence-electron chi connectivity index (χ1n) is 16.5. The molecule has 0 N–H and O–H groups in total. The molecule has 234 valence electrons. The zero-order chi connectivity index (χ0) is 32.9. The lowest BCUT2D eigenvalue weighted by atomic mass is 9.89. The number of benzene rings is 5. The molecule has 0 amide bonds. The summed E-state index contributed by atoms with van der Waals surface area (Å²) in [7, 11) is 2.11. The standard InChI is InChI=1S/C44H32N4O/c1-47-17-5-7-32(26-47)36-20-34(19-35(21-36)31-6-4-16-46-25-31)30-11-12-33-27-49-28-37-22-38(13-14-39(37)41(33)23-30)48-43-9-3-2-8-40(43)42-18-29(24-45)10-15-44(42)48/h2-23,25H,26-28H2,1H3. The lowest BCUT2D eigenvalue weighted by Gasteiger charge is -2.21. The third kappa shape index (κ3) is 5.11. The number of aromatic nitrogens is 2. The zero-order valence-electron chi connectivity index (χ0n) is 27.1. The molecule has 2 aromatic heterocycles. The molecule has 4 heterocycles. The van der Waals surface area contributed by atoms with Crippen LogP contribution in [0.5, 0.6) is 0 Å². The minimum Gasteiger partial charge on any atom is -0.376 e. The number of rotatable bonds is 4. The number of allylic oxidation sites excluding steroid dienone is 2. The van der Waals surface area contributed by atoms with Crippen LogP contribution in [0.4, 0.5) is 0 Å². The van der Waals surface area contributed by atoms with E-state index >= 15 is 0 Å². The number of para-hydroxylation sites is 1. The smallest absolute Gasteiger partial charge is 0.0991 e. The van der Waals surface area contributed by atoms with Gasteiger partial charge in [0.2, 0.25) is 0 Å². The molecule has 2 aliphatic rings. The van der Waals surface area contributed by atoms with Crippen molar-refractivity contribution in [2.24, 2.45) is 0 Å². The van der Waals surface area contributed by atoms with Gasteiger partial charge >= 0.3 is 0 Å². The normalized spacial score (nSPS) is 13.9. The van der Waals surface area contributed by atoms with Crippen molar-refractivity contribution in [3.63, 3.8) is 0 Å². The van der Waals surface area contributed by atoms with Gasteiger partial charge in [0, 0.05) is 48.0 Å². The lowest BCUT2D eigenvalue weighted by Crippen LogP contribution is -2.16. The summed E-state index contributed by atoms with van der Waals surface area (Å²) < 4.78 is 8.58. The third-order valence-electron chi connectivity index (χ3n) is 9.75. The maximum absolute atomic E-state index is 9.59. The minimum absolute atomic E-state index is 0.527. The first-order valence-corrected chi connectivity index (χ1v) is 16.5. The molecule has 2 aliphatic heterocycles. The Morgan fingerprint density at radius 2 is 1.53 bits per heavy atom. The third-order valence-corrected chi connectivity index (χ3v) is 9.75. The molecule has 0 saturated heterocycles. The Kier molecular flexibility index (Phi) is 6.97. The maximum atomic E-state index is 9.59. The number of fused-ring (bicyclic) bond motifs is 6. The quantitative estimate of drug-likeness (QED) is 0.194. The molecule has 0 bridgehead atoms. The molecule has 0 radical (unpaired) electrons. The van der Waals surface area contributed by atoms with Gasteiger partial charge in [0.25, 0.3) is 0 Å². The number of likely N-dealkylation sites (N-methyl/N-ethyl adjacent to an activating group) is 1. The van der Waals surface area contributed by atoms with Gasteiger partial charge in [-0.15, -0.1) is 0 Å². The van der Waals surface area contributed by atoms with Crippen LogP contribution in [0, 0.1) is 11.3 Å². The van der Waals surface area contributed by atoms with E-state index in [0.717, 1.165) is 50.7 Å². The average molecular weight is 633 g/mol. The van der Waals surface area contributed by atoms with Crippen LogP contribution in [0.15, 0.2) is 140 Å². The predicted octanol–water partition coefficient (Wildman–Crippen LogP) is 9.92. The van der Waals surface area contributed by atoms with E-state index in [4.69, 9.17) is 4.74 Å². The Hall–Kier alpha value is -6.22. The van der Waals surface area contributed by atoms with Crippen LogP contribution in [0.2, 0.25) is 0 Å². The molecule has 5 nitrogen and oxygen atoms in total. The highest BCUT2D eigenvalue weighted by Crippen LogP contribution is 2.39. The summed E-state index contributed by atoms with van der Waals surface area (Å²) >= 11 is 0. The number of pyridine rings is 1. The Labute approximate surface area is 285 Å². The van der Waals surface area contributed by atoms with Crippen molar-refractivity contribution in [3.05, 3.63) is 162 Å². The van der Waals surface area contributed by atoms with E-state index in [1.165, 1.54) is 39.0 Å². The molecule has 5 heteroatoms. The van der Waals surface area contributed by atoms with Crippen molar-refractivity contribution >= 4 is 27.4 Å². The monoisotopic (exact) mass is 632 g/mol. The molecular weight excluding hydrogens is 601 g/mol. The fraction of sp³-hybridized carbons (Fsp3) is 0.0909. The van der Waals surface area contributed by atoms with Crippen LogP contribution in [0.1, 0.15) is 22.3 Å². The Balaban J connectivity index is 1.17. The summed E-state index contributed by atoms with van der Waals surface area (Å²) in [5.74, 6) is 0. The van der Waals surface area contributed by atoms with E-state index in [0.29, 0.717) is 18.8 Å². The number of nitriles is 1. The second kappa shape index (κ2) is 11.8. The van der Waals surface area contributed by atoms with Gasteiger partial charge in [0.1, 0.15) is 0 Å².